The van der Waals surface area contributed by atoms with Crippen LogP contribution in [-0.4, -0.2) is 39.7 Å². The molecule has 0 saturated heterocycles. The maximum absolute atomic E-state index is 12.4. The molecule has 0 spiro atoms. The lowest BCUT2D eigenvalue weighted by atomic mass is 10.1. The van der Waals surface area contributed by atoms with Gasteiger partial charge in [-0.3, -0.25) is 4.79 Å². The number of likely N-dealkylation sites (N-methyl/N-ethyl adjacent to an activating group) is 1. The third kappa shape index (κ3) is 4.81. The first-order valence-corrected chi connectivity index (χ1v) is 7.85. The molecule has 0 radical (unpaired) electrons. The number of amides is 1. The summed E-state index contributed by atoms with van der Waals surface area (Å²) < 4.78 is 10.3. The van der Waals surface area contributed by atoms with Gasteiger partial charge in [0, 0.05) is 19.8 Å². The van der Waals surface area contributed by atoms with Crippen LogP contribution in [0.25, 0.3) is 0 Å². The second-order valence-corrected chi connectivity index (χ2v) is 5.40. The number of hydrogen-bond acceptors (Lipinski definition) is 5. The molecule has 0 aliphatic rings. The average molecular weight is 342 g/mol. The van der Waals surface area contributed by atoms with Crippen molar-refractivity contribution in [1.29, 1.82) is 0 Å². The highest BCUT2D eigenvalue weighted by Crippen LogP contribution is 2.25. The first-order valence-electron chi connectivity index (χ1n) is 7.85. The van der Waals surface area contributed by atoms with Crippen molar-refractivity contribution in [2.45, 2.75) is 6.61 Å². The van der Waals surface area contributed by atoms with Crippen molar-refractivity contribution in [3.8, 4) is 0 Å². The molecule has 132 valence electrons. The Hall–Kier alpha value is -2.86. The largest absolute Gasteiger partial charge is 0.465 e. The van der Waals surface area contributed by atoms with Gasteiger partial charge in [-0.1, -0.05) is 30.3 Å². The molecule has 0 bridgehead atoms. The Morgan fingerprint density at radius 3 is 2.48 bits per heavy atom. The molecule has 25 heavy (non-hydrogen) atoms. The Bertz CT molecular complexity index is 731. The summed E-state index contributed by atoms with van der Waals surface area (Å²) in [4.78, 5) is 25.8. The molecule has 1 N–H and O–H groups in total. The molecule has 0 unspecified atom stereocenters. The number of nitrogens with one attached hydrogen (secondary N) is 1. The zero-order valence-corrected chi connectivity index (χ0v) is 14.6. The number of nitrogens with zero attached hydrogens (tertiary/aromatic N) is 1. The second kappa shape index (κ2) is 8.84. The molecule has 0 aromatic heterocycles. The fourth-order valence-corrected chi connectivity index (χ4v) is 2.31. The number of esters is 1. The van der Waals surface area contributed by atoms with Crippen LogP contribution in [0.1, 0.15) is 15.9 Å². The number of carbonyl (C=O) groups excluding carboxylic acids is 2. The summed E-state index contributed by atoms with van der Waals surface area (Å²) in [6, 6.07) is 14.7. The summed E-state index contributed by atoms with van der Waals surface area (Å²) in [5.74, 6) is -0.753. The van der Waals surface area contributed by atoms with Gasteiger partial charge in [-0.15, -0.1) is 0 Å². The van der Waals surface area contributed by atoms with Crippen LogP contribution < -0.4 is 10.2 Å². The van der Waals surface area contributed by atoms with Crippen molar-refractivity contribution in [3.63, 3.8) is 0 Å². The topological polar surface area (TPSA) is 67.9 Å². The molecule has 0 saturated carbocycles. The smallest absolute Gasteiger partial charge is 0.339 e. The minimum Gasteiger partial charge on any atom is -0.465 e. The molecule has 6 heteroatoms. The fourth-order valence-electron chi connectivity index (χ4n) is 2.31. The van der Waals surface area contributed by atoms with Crippen LogP contribution in [0.2, 0.25) is 0 Å². The first-order chi connectivity index (χ1) is 12.1. The van der Waals surface area contributed by atoms with E-state index in [0.717, 1.165) is 11.3 Å². The highest BCUT2D eigenvalue weighted by molar-refractivity contribution is 6.03. The van der Waals surface area contributed by atoms with E-state index in [1.807, 2.05) is 30.3 Å². The Morgan fingerprint density at radius 2 is 1.84 bits per heavy atom. The standard InChI is InChI=1S/C19H22N2O4/c1-20-15-9-10-16(19(23)24-3)17(11-15)21(2)18(22)13-25-12-14-7-5-4-6-8-14/h4-11,20H,12-13H2,1-3H3. The van der Waals surface area contributed by atoms with Gasteiger partial charge in [0.1, 0.15) is 6.61 Å². The van der Waals surface area contributed by atoms with Crippen molar-refractivity contribution < 1.29 is 19.1 Å². The van der Waals surface area contributed by atoms with E-state index in [9.17, 15) is 9.59 Å². The van der Waals surface area contributed by atoms with E-state index in [2.05, 4.69) is 5.32 Å². The lowest BCUT2D eigenvalue weighted by Crippen LogP contribution is -2.31. The summed E-state index contributed by atoms with van der Waals surface area (Å²) in [5, 5.41) is 2.99. The number of methoxy groups -OCH3 is 1. The maximum atomic E-state index is 12.4. The molecule has 0 fully saturated rings. The van der Waals surface area contributed by atoms with E-state index in [4.69, 9.17) is 9.47 Å². The highest BCUT2D eigenvalue weighted by Gasteiger charge is 2.20. The normalized spacial score (nSPS) is 10.2. The van der Waals surface area contributed by atoms with E-state index in [0.29, 0.717) is 17.9 Å². The van der Waals surface area contributed by atoms with Crippen LogP contribution in [0.3, 0.4) is 0 Å². The van der Waals surface area contributed by atoms with Crippen molar-refractivity contribution in [2.24, 2.45) is 0 Å². The van der Waals surface area contributed by atoms with Crippen molar-refractivity contribution in [1.82, 2.24) is 0 Å². The van der Waals surface area contributed by atoms with Gasteiger partial charge in [-0.05, 0) is 23.8 Å². The fraction of sp³-hybridized carbons (Fsp3) is 0.263. The SMILES string of the molecule is CNc1ccc(C(=O)OC)c(N(C)C(=O)COCc2ccccc2)c1. The molecule has 2 aromatic rings. The predicted molar refractivity (Wildman–Crippen MR) is 96.8 cm³/mol. The minimum atomic E-state index is -0.498. The van der Waals surface area contributed by atoms with Crippen LogP contribution in [-0.2, 0) is 20.9 Å². The van der Waals surface area contributed by atoms with Gasteiger partial charge in [0.15, 0.2) is 0 Å². The van der Waals surface area contributed by atoms with E-state index in [-0.39, 0.29) is 12.5 Å². The van der Waals surface area contributed by atoms with Crippen molar-refractivity contribution in [3.05, 3.63) is 59.7 Å². The number of benzene rings is 2. The summed E-state index contributed by atoms with van der Waals surface area (Å²) in [5.41, 5.74) is 2.56. The quantitative estimate of drug-likeness (QED) is 0.784. The molecule has 2 aromatic carbocycles. The van der Waals surface area contributed by atoms with Gasteiger partial charge in [-0.25, -0.2) is 4.79 Å². The van der Waals surface area contributed by atoms with Crippen LogP contribution in [0.4, 0.5) is 11.4 Å². The number of rotatable bonds is 7. The Labute approximate surface area is 147 Å². The van der Waals surface area contributed by atoms with Gasteiger partial charge < -0.3 is 19.7 Å². The summed E-state index contributed by atoms with van der Waals surface area (Å²) in [7, 11) is 4.68. The molecule has 2 rings (SSSR count). The monoisotopic (exact) mass is 342 g/mol. The number of anilines is 2. The summed E-state index contributed by atoms with van der Waals surface area (Å²) in [6.07, 6.45) is 0. The highest BCUT2D eigenvalue weighted by atomic mass is 16.5. The number of carbonyl (C=O) groups is 2. The Balaban J connectivity index is 2.08. The molecule has 0 heterocycles. The molecular formula is C19H22N2O4. The van der Waals surface area contributed by atoms with Gasteiger partial charge >= 0.3 is 5.97 Å². The predicted octanol–water partition coefficient (Wildman–Crippen LogP) is 2.69. The van der Waals surface area contributed by atoms with Crippen LogP contribution >= 0.6 is 0 Å². The van der Waals surface area contributed by atoms with Gasteiger partial charge in [0.2, 0.25) is 0 Å². The van der Waals surface area contributed by atoms with Crippen LogP contribution in [0.5, 0.6) is 0 Å². The van der Waals surface area contributed by atoms with Crippen LogP contribution in [0, 0.1) is 0 Å². The lowest BCUT2D eigenvalue weighted by molar-refractivity contribution is -0.123. The molecule has 0 aliphatic carbocycles. The Morgan fingerprint density at radius 1 is 1.12 bits per heavy atom. The number of hydrogen-bond donors (Lipinski definition) is 1. The first kappa shape index (κ1) is 18.5. The van der Waals surface area contributed by atoms with Gasteiger partial charge in [0.05, 0.1) is 25.0 Å². The zero-order valence-electron chi connectivity index (χ0n) is 14.6. The summed E-state index contributed by atoms with van der Waals surface area (Å²) in [6.45, 7) is 0.261. The zero-order chi connectivity index (χ0) is 18.2. The van der Waals surface area contributed by atoms with E-state index in [1.54, 1.807) is 32.3 Å². The third-order valence-electron chi connectivity index (χ3n) is 3.76. The maximum Gasteiger partial charge on any atom is 0.339 e. The average Bonchev–Trinajstić information content (AvgIpc) is 2.67. The van der Waals surface area contributed by atoms with E-state index < -0.39 is 5.97 Å². The molecule has 0 atom stereocenters. The van der Waals surface area contributed by atoms with E-state index >= 15 is 0 Å². The Kier molecular flexibility index (Phi) is 6.54. The lowest BCUT2D eigenvalue weighted by Gasteiger charge is -2.21. The molecule has 1 amide bonds. The van der Waals surface area contributed by atoms with E-state index in [1.165, 1.54) is 12.0 Å². The van der Waals surface area contributed by atoms with Gasteiger partial charge in [-0.2, -0.15) is 0 Å². The van der Waals surface area contributed by atoms with Crippen LogP contribution in [0.15, 0.2) is 48.5 Å². The van der Waals surface area contributed by atoms with Crippen molar-refractivity contribution in [2.75, 3.05) is 38.0 Å². The second-order valence-electron chi connectivity index (χ2n) is 5.40. The molecule has 0 aliphatic heterocycles. The van der Waals surface area contributed by atoms with Crippen molar-refractivity contribution >= 4 is 23.3 Å². The number of ether oxygens (including phenoxy) is 2. The minimum absolute atomic E-state index is 0.0875. The van der Waals surface area contributed by atoms with Gasteiger partial charge in [0.25, 0.3) is 5.91 Å². The molecular weight excluding hydrogens is 320 g/mol. The third-order valence-corrected chi connectivity index (χ3v) is 3.76. The summed E-state index contributed by atoms with van der Waals surface area (Å²) >= 11 is 0. The molecule has 6 nitrogen and oxygen atoms in total.